The molecule has 156 valence electrons. The van der Waals surface area contributed by atoms with Gasteiger partial charge in [-0.3, -0.25) is 4.79 Å². The second kappa shape index (κ2) is 6.92. The Morgan fingerprint density at radius 1 is 1.30 bits per heavy atom. The van der Waals surface area contributed by atoms with Crippen molar-refractivity contribution in [1.82, 2.24) is 10.2 Å². The summed E-state index contributed by atoms with van der Waals surface area (Å²) in [5.41, 5.74) is 0.340. The Hall–Kier alpha value is -2.19. The van der Waals surface area contributed by atoms with Crippen LogP contribution in [0.5, 0.6) is 0 Å². The van der Waals surface area contributed by atoms with Crippen LogP contribution in [0, 0.1) is 11.7 Å². The van der Waals surface area contributed by atoms with Crippen molar-refractivity contribution in [2.75, 3.05) is 18.4 Å². The molecule has 3 heterocycles. The molecule has 9 heteroatoms. The quantitative estimate of drug-likeness (QED) is 0.612. The summed E-state index contributed by atoms with van der Waals surface area (Å²) in [5.74, 6) is -0.653. The molecule has 2 N–H and O–H groups in total. The van der Waals surface area contributed by atoms with Gasteiger partial charge < -0.3 is 15.5 Å². The van der Waals surface area contributed by atoms with Gasteiger partial charge in [0.25, 0.3) is 5.91 Å². The Morgan fingerprint density at radius 2 is 2.07 bits per heavy atom. The number of halogens is 4. The summed E-state index contributed by atoms with van der Waals surface area (Å²) >= 11 is 9.64. The molecule has 2 bridgehead atoms. The van der Waals surface area contributed by atoms with Crippen LogP contribution in [0.2, 0.25) is 5.02 Å². The third-order valence-electron chi connectivity index (χ3n) is 6.01. The molecule has 3 aliphatic heterocycles. The van der Waals surface area contributed by atoms with Crippen molar-refractivity contribution in [3.05, 3.63) is 62.3 Å². The predicted octanol–water partition coefficient (Wildman–Crippen LogP) is 5.04. The summed E-state index contributed by atoms with van der Waals surface area (Å²) in [6.07, 6.45) is 1.00. The van der Waals surface area contributed by atoms with E-state index in [0.717, 1.165) is 0 Å². The first-order valence-corrected chi connectivity index (χ1v) is 10.7. The second-order valence-corrected chi connectivity index (χ2v) is 9.55. The SMILES string of the molecule is O=C1NC(c2cc(F)ccc2Cl)c2c(NC(=O)N3CC4CC(F)(C4)C3)cc(Br)cc21. The van der Waals surface area contributed by atoms with Crippen LogP contribution in [-0.4, -0.2) is 35.6 Å². The molecule has 2 aromatic carbocycles. The smallest absolute Gasteiger partial charge is 0.321 e. The van der Waals surface area contributed by atoms with Crippen molar-refractivity contribution in [2.45, 2.75) is 24.6 Å². The Balaban J connectivity index is 1.51. The van der Waals surface area contributed by atoms with Gasteiger partial charge in [0.15, 0.2) is 0 Å². The van der Waals surface area contributed by atoms with Crippen molar-refractivity contribution in [3.63, 3.8) is 0 Å². The van der Waals surface area contributed by atoms with Crippen LogP contribution in [0.15, 0.2) is 34.8 Å². The number of anilines is 1. The van der Waals surface area contributed by atoms with Gasteiger partial charge in [-0.05, 0) is 49.1 Å². The van der Waals surface area contributed by atoms with Crippen molar-refractivity contribution in [1.29, 1.82) is 0 Å². The largest absolute Gasteiger partial charge is 0.341 e. The lowest BCUT2D eigenvalue weighted by atomic mass is 9.68. The Morgan fingerprint density at radius 3 is 2.80 bits per heavy atom. The number of fused-ring (bicyclic) bond motifs is 3. The van der Waals surface area contributed by atoms with E-state index in [4.69, 9.17) is 11.6 Å². The summed E-state index contributed by atoms with van der Waals surface area (Å²) in [4.78, 5) is 26.9. The van der Waals surface area contributed by atoms with Gasteiger partial charge in [0.05, 0.1) is 12.6 Å². The van der Waals surface area contributed by atoms with E-state index in [1.54, 1.807) is 12.1 Å². The molecule has 0 radical (unpaired) electrons. The maximum Gasteiger partial charge on any atom is 0.321 e. The Kier molecular flexibility index (Phi) is 4.56. The van der Waals surface area contributed by atoms with Crippen LogP contribution in [0.25, 0.3) is 0 Å². The fraction of sp³-hybridized carbons (Fsp3) is 0.333. The fourth-order valence-corrected chi connectivity index (χ4v) is 5.46. The average molecular weight is 497 g/mol. The number of amides is 3. The fourth-order valence-electron chi connectivity index (χ4n) is 4.77. The molecule has 30 heavy (non-hydrogen) atoms. The molecule has 1 aliphatic carbocycles. The van der Waals surface area contributed by atoms with Crippen molar-refractivity contribution in [3.8, 4) is 0 Å². The molecule has 1 saturated carbocycles. The van der Waals surface area contributed by atoms with Crippen LogP contribution in [0.3, 0.4) is 0 Å². The second-order valence-electron chi connectivity index (χ2n) is 8.22. The van der Waals surface area contributed by atoms with Gasteiger partial charge in [-0.25, -0.2) is 13.6 Å². The normalized spacial score (nSPS) is 26.7. The zero-order valence-corrected chi connectivity index (χ0v) is 18.0. The number of hydrogen-bond acceptors (Lipinski definition) is 2. The number of benzene rings is 2. The van der Waals surface area contributed by atoms with Gasteiger partial charge in [0.1, 0.15) is 11.5 Å². The minimum Gasteiger partial charge on any atom is -0.341 e. The molecule has 1 atom stereocenters. The highest BCUT2D eigenvalue weighted by Gasteiger charge is 2.51. The summed E-state index contributed by atoms with van der Waals surface area (Å²) in [7, 11) is 0. The monoisotopic (exact) mass is 495 g/mol. The maximum absolute atomic E-state index is 14.5. The topological polar surface area (TPSA) is 61.4 Å². The van der Waals surface area contributed by atoms with Crippen LogP contribution in [0.4, 0.5) is 19.3 Å². The molecule has 0 spiro atoms. The van der Waals surface area contributed by atoms with E-state index in [2.05, 4.69) is 26.6 Å². The van der Waals surface area contributed by atoms with Crippen LogP contribution >= 0.6 is 27.5 Å². The highest BCUT2D eigenvalue weighted by atomic mass is 79.9. The van der Waals surface area contributed by atoms with E-state index in [1.807, 2.05) is 0 Å². The highest BCUT2D eigenvalue weighted by Crippen LogP contribution is 2.46. The summed E-state index contributed by atoms with van der Waals surface area (Å²) in [6.45, 7) is 0.561. The Labute approximate surface area is 184 Å². The molecule has 0 aromatic heterocycles. The van der Waals surface area contributed by atoms with E-state index in [-0.39, 0.29) is 18.4 Å². The molecule has 6 rings (SSSR count). The van der Waals surface area contributed by atoms with E-state index < -0.39 is 23.6 Å². The summed E-state index contributed by atoms with van der Waals surface area (Å²) in [5, 5.41) is 5.93. The zero-order valence-electron chi connectivity index (χ0n) is 15.6. The van der Waals surface area contributed by atoms with Crippen LogP contribution < -0.4 is 10.6 Å². The average Bonchev–Trinajstić information content (AvgIpc) is 2.99. The standard InChI is InChI=1S/C21H17BrClF2N3O2/c22-11-3-14-17(18(27-19(14)29)13-5-12(24)1-2-15(13)23)16(4-11)26-20(30)28-8-10-6-21(25,7-10)9-28/h1-5,10,18H,6-9H2,(H,26,30)(H,27,29). The third-order valence-corrected chi connectivity index (χ3v) is 6.82. The van der Waals surface area contributed by atoms with Gasteiger partial charge in [0.2, 0.25) is 0 Å². The molecular formula is C21H17BrClF2N3O2. The highest BCUT2D eigenvalue weighted by molar-refractivity contribution is 9.10. The number of carbonyl (C=O) groups excluding carboxylic acids is 2. The molecule has 4 aliphatic rings. The Bertz CT molecular complexity index is 1090. The van der Waals surface area contributed by atoms with Crippen LogP contribution in [-0.2, 0) is 0 Å². The minimum atomic E-state index is -1.30. The van der Waals surface area contributed by atoms with Gasteiger partial charge >= 0.3 is 6.03 Å². The first-order valence-electron chi connectivity index (χ1n) is 9.56. The number of nitrogens with zero attached hydrogens (tertiary/aromatic N) is 1. The lowest BCUT2D eigenvalue weighted by Crippen LogP contribution is -2.60. The van der Waals surface area contributed by atoms with Crippen LogP contribution in [0.1, 0.15) is 40.4 Å². The summed E-state index contributed by atoms with van der Waals surface area (Å²) < 4.78 is 28.9. The number of piperidine rings is 2. The number of urea groups is 1. The third kappa shape index (κ3) is 3.26. The molecule has 1 unspecified atom stereocenters. The van der Waals surface area contributed by atoms with E-state index in [9.17, 15) is 18.4 Å². The predicted molar refractivity (Wildman–Crippen MR) is 112 cm³/mol. The number of rotatable bonds is 2. The van der Waals surface area contributed by atoms with Crippen molar-refractivity contribution >= 4 is 45.2 Å². The first kappa shape index (κ1) is 19.8. The minimum absolute atomic E-state index is 0.0574. The first-order chi connectivity index (χ1) is 14.2. The molecule has 2 saturated heterocycles. The van der Waals surface area contributed by atoms with E-state index in [0.29, 0.717) is 51.3 Å². The zero-order chi connectivity index (χ0) is 21.2. The van der Waals surface area contributed by atoms with Crippen molar-refractivity contribution < 1.29 is 18.4 Å². The molecule has 5 nitrogen and oxygen atoms in total. The van der Waals surface area contributed by atoms with Gasteiger partial charge in [-0.15, -0.1) is 0 Å². The van der Waals surface area contributed by atoms with Gasteiger partial charge in [0, 0.05) is 38.4 Å². The van der Waals surface area contributed by atoms with Crippen molar-refractivity contribution in [2.24, 2.45) is 5.92 Å². The molecule has 2 aromatic rings. The summed E-state index contributed by atoms with van der Waals surface area (Å²) in [6, 6.07) is 6.09. The number of hydrogen-bond donors (Lipinski definition) is 2. The number of alkyl halides is 1. The molecular weight excluding hydrogens is 480 g/mol. The van der Waals surface area contributed by atoms with E-state index in [1.165, 1.54) is 23.1 Å². The lowest BCUT2D eigenvalue weighted by molar-refractivity contribution is -0.0661. The van der Waals surface area contributed by atoms with Gasteiger partial charge in [-0.1, -0.05) is 27.5 Å². The molecule has 3 amide bonds. The lowest BCUT2D eigenvalue weighted by Gasteiger charge is -2.51. The van der Waals surface area contributed by atoms with Gasteiger partial charge in [-0.2, -0.15) is 0 Å². The maximum atomic E-state index is 14.5. The number of carbonyl (C=O) groups is 2. The van der Waals surface area contributed by atoms with E-state index >= 15 is 0 Å². The molecule has 3 fully saturated rings. The number of nitrogens with one attached hydrogen (secondary N) is 2.